The number of hydrogen-bond acceptors (Lipinski definition) is 4. The van der Waals surface area contributed by atoms with Crippen LogP contribution in [0.5, 0.6) is 0 Å². The van der Waals surface area contributed by atoms with Crippen LogP contribution in [0.25, 0.3) is 0 Å². The molecule has 2 rings (SSSR count). The number of non-ortho nitro benzene ring substituents is 1. The molecule has 0 atom stereocenters. The Hall–Kier alpha value is -2.11. The minimum Gasteiger partial charge on any atom is -0.445 e. The number of alkyl carbamates (subject to hydrolysis) is 1. The van der Waals surface area contributed by atoms with Gasteiger partial charge in [0.15, 0.2) is 0 Å². The van der Waals surface area contributed by atoms with Gasteiger partial charge in [0.05, 0.1) is 4.92 Å². The molecule has 0 saturated heterocycles. The van der Waals surface area contributed by atoms with Gasteiger partial charge >= 0.3 is 6.09 Å². The fraction of sp³-hybridized carbons (Fsp3) is 0.500. The highest BCUT2D eigenvalue weighted by Crippen LogP contribution is 2.18. The van der Waals surface area contributed by atoms with Crippen molar-refractivity contribution >= 4 is 11.8 Å². The molecule has 0 radical (unpaired) electrons. The molecule has 1 N–H and O–H groups in total. The number of amides is 1. The summed E-state index contributed by atoms with van der Waals surface area (Å²) < 4.78 is 5.09. The van der Waals surface area contributed by atoms with Crippen molar-refractivity contribution in [2.75, 3.05) is 0 Å². The molecule has 1 aliphatic rings. The minimum absolute atomic E-state index is 0.00112. The lowest BCUT2D eigenvalue weighted by atomic mass is 9.96. The van der Waals surface area contributed by atoms with Crippen molar-refractivity contribution in [3.63, 3.8) is 0 Å². The smallest absolute Gasteiger partial charge is 0.407 e. The number of nitro groups is 1. The summed E-state index contributed by atoms with van der Waals surface area (Å²) >= 11 is 0. The molecule has 0 bridgehead atoms. The molecule has 1 aliphatic carbocycles. The predicted molar refractivity (Wildman–Crippen MR) is 73.3 cm³/mol. The van der Waals surface area contributed by atoms with E-state index in [4.69, 9.17) is 4.74 Å². The summed E-state index contributed by atoms with van der Waals surface area (Å²) in [6.07, 6.45) is 5.02. The fourth-order valence-electron chi connectivity index (χ4n) is 2.36. The molecule has 6 heteroatoms. The van der Waals surface area contributed by atoms with E-state index < -0.39 is 11.0 Å². The van der Waals surface area contributed by atoms with Gasteiger partial charge in [0.2, 0.25) is 0 Å². The third-order valence-electron chi connectivity index (χ3n) is 3.42. The molecule has 1 aromatic rings. The van der Waals surface area contributed by atoms with E-state index in [1.807, 2.05) is 0 Å². The Morgan fingerprint density at radius 2 is 2.10 bits per heavy atom. The molecule has 0 spiro atoms. The van der Waals surface area contributed by atoms with Gasteiger partial charge in [0, 0.05) is 18.2 Å². The fourth-order valence-corrected chi connectivity index (χ4v) is 2.36. The van der Waals surface area contributed by atoms with E-state index in [9.17, 15) is 14.9 Å². The van der Waals surface area contributed by atoms with E-state index in [1.165, 1.54) is 18.6 Å². The van der Waals surface area contributed by atoms with Crippen molar-refractivity contribution < 1.29 is 14.5 Å². The molecule has 108 valence electrons. The summed E-state index contributed by atoms with van der Waals surface area (Å²) in [5.74, 6) is 0. The van der Waals surface area contributed by atoms with Gasteiger partial charge in [0.25, 0.3) is 5.69 Å². The molecule has 0 aromatic heterocycles. The minimum atomic E-state index is -0.467. The average Bonchev–Trinajstić information content (AvgIpc) is 2.46. The number of carbonyl (C=O) groups is 1. The highest BCUT2D eigenvalue weighted by atomic mass is 16.6. The highest BCUT2D eigenvalue weighted by Gasteiger charge is 2.16. The highest BCUT2D eigenvalue weighted by molar-refractivity contribution is 5.67. The number of nitrogens with one attached hydrogen (secondary N) is 1. The number of nitro benzene ring substituents is 1. The Bertz CT molecular complexity index is 484. The standard InChI is InChI=1S/C14H18N2O4/c17-14(15-12-6-2-1-3-7-12)20-10-11-5-4-8-13(9-11)16(18)19/h4-5,8-9,12H,1-3,6-7,10H2,(H,15,17). The summed E-state index contributed by atoms with van der Waals surface area (Å²) in [5, 5.41) is 13.5. The lowest BCUT2D eigenvalue weighted by molar-refractivity contribution is -0.384. The van der Waals surface area contributed by atoms with Crippen LogP contribution in [0.1, 0.15) is 37.7 Å². The van der Waals surface area contributed by atoms with E-state index in [0.29, 0.717) is 5.56 Å². The summed E-state index contributed by atoms with van der Waals surface area (Å²) in [6.45, 7) is 0.0419. The van der Waals surface area contributed by atoms with Gasteiger partial charge in [-0.1, -0.05) is 31.4 Å². The molecule has 0 heterocycles. The zero-order valence-corrected chi connectivity index (χ0v) is 11.2. The molecule has 20 heavy (non-hydrogen) atoms. The van der Waals surface area contributed by atoms with Crippen molar-refractivity contribution in [2.24, 2.45) is 0 Å². The third kappa shape index (κ3) is 4.22. The van der Waals surface area contributed by atoms with Crippen LogP contribution in [0.2, 0.25) is 0 Å². The van der Waals surface area contributed by atoms with Gasteiger partial charge in [-0.05, 0) is 18.4 Å². The van der Waals surface area contributed by atoms with Crippen LogP contribution >= 0.6 is 0 Å². The van der Waals surface area contributed by atoms with Crippen molar-refractivity contribution in [1.29, 1.82) is 0 Å². The summed E-state index contributed by atoms with van der Waals surface area (Å²) in [4.78, 5) is 21.8. The normalized spacial score (nSPS) is 15.6. The van der Waals surface area contributed by atoms with E-state index in [2.05, 4.69) is 5.32 Å². The molecule has 1 amide bonds. The number of rotatable bonds is 4. The second-order valence-corrected chi connectivity index (χ2v) is 4.98. The first-order chi connectivity index (χ1) is 9.65. The largest absolute Gasteiger partial charge is 0.445 e. The van der Waals surface area contributed by atoms with Gasteiger partial charge in [-0.25, -0.2) is 4.79 Å². The average molecular weight is 278 g/mol. The van der Waals surface area contributed by atoms with Crippen molar-refractivity contribution in [3.05, 3.63) is 39.9 Å². The molecular formula is C14H18N2O4. The van der Waals surface area contributed by atoms with Gasteiger partial charge < -0.3 is 10.1 Å². The second kappa shape index (κ2) is 6.88. The zero-order valence-electron chi connectivity index (χ0n) is 11.2. The first-order valence-corrected chi connectivity index (χ1v) is 6.82. The molecular weight excluding hydrogens is 260 g/mol. The van der Waals surface area contributed by atoms with Crippen LogP contribution < -0.4 is 5.32 Å². The third-order valence-corrected chi connectivity index (χ3v) is 3.42. The first-order valence-electron chi connectivity index (χ1n) is 6.82. The Labute approximate surface area is 117 Å². The Kier molecular flexibility index (Phi) is 4.92. The molecule has 0 aliphatic heterocycles. The quantitative estimate of drug-likeness (QED) is 0.677. The van der Waals surface area contributed by atoms with E-state index in [1.54, 1.807) is 12.1 Å². The Balaban J connectivity index is 1.80. The molecule has 1 aromatic carbocycles. The summed E-state index contributed by atoms with van der Waals surface area (Å²) in [6, 6.07) is 6.29. The summed E-state index contributed by atoms with van der Waals surface area (Å²) in [5.41, 5.74) is 0.608. The van der Waals surface area contributed by atoms with Gasteiger partial charge in [0.1, 0.15) is 6.61 Å². The maximum absolute atomic E-state index is 11.6. The molecule has 6 nitrogen and oxygen atoms in total. The number of hydrogen-bond donors (Lipinski definition) is 1. The van der Waals surface area contributed by atoms with Crippen LogP contribution in [0.15, 0.2) is 24.3 Å². The Morgan fingerprint density at radius 3 is 2.80 bits per heavy atom. The lowest BCUT2D eigenvalue weighted by Crippen LogP contribution is -2.36. The predicted octanol–water partition coefficient (Wildman–Crippen LogP) is 3.15. The molecule has 0 unspecified atom stereocenters. The van der Waals surface area contributed by atoms with Gasteiger partial charge in [-0.15, -0.1) is 0 Å². The lowest BCUT2D eigenvalue weighted by Gasteiger charge is -2.22. The van der Waals surface area contributed by atoms with Crippen molar-refractivity contribution in [1.82, 2.24) is 5.32 Å². The maximum atomic E-state index is 11.6. The van der Waals surface area contributed by atoms with E-state index >= 15 is 0 Å². The van der Waals surface area contributed by atoms with Crippen LogP contribution in [-0.4, -0.2) is 17.1 Å². The summed E-state index contributed by atoms with van der Waals surface area (Å²) in [7, 11) is 0. The van der Waals surface area contributed by atoms with Crippen LogP contribution in [0.3, 0.4) is 0 Å². The van der Waals surface area contributed by atoms with Gasteiger partial charge in [-0.2, -0.15) is 0 Å². The molecule has 1 fully saturated rings. The number of benzene rings is 1. The molecule has 1 saturated carbocycles. The zero-order chi connectivity index (χ0) is 14.4. The SMILES string of the molecule is O=C(NC1CCCCC1)OCc1cccc([N+](=O)[O-])c1. The first kappa shape index (κ1) is 14.3. The van der Waals surface area contributed by atoms with Crippen LogP contribution in [0, 0.1) is 10.1 Å². The monoisotopic (exact) mass is 278 g/mol. The van der Waals surface area contributed by atoms with E-state index in [0.717, 1.165) is 25.7 Å². The van der Waals surface area contributed by atoms with Gasteiger partial charge in [-0.3, -0.25) is 10.1 Å². The van der Waals surface area contributed by atoms with Crippen molar-refractivity contribution in [2.45, 2.75) is 44.8 Å². The van der Waals surface area contributed by atoms with Crippen LogP contribution in [-0.2, 0) is 11.3 Å². The van der Waals surface area contributed by atoms with E-state index in [-0.39, 0.29) is 18.3 Å². The number of carbonyl (C=O) groups excluding carboxylic acids is 1. The number of ether oxygens (including phenoxy) is 1. The number of nitrogens with zero attached hydrogens (tertiary/aromatic N) is 1. The topological polar surface area (TPSA) is 81.5 Å². The second-order valence-electron chi connectivity index (χ2n) is 4.98. The van der Waals surface area contributed by atoms with Crippen LogP contribution in [0.4, 0.5) is 10.5 Å². The maximum Gasteiger partial charge on any atom is 0.407 e. The van der Waals surface area contributed by atoms with Crippen molar-refractivity contribution in [3.8, 4) is 0 Å². The Morgan fingerprint density at radius 1 is 1.35 bits per heavy atom.